The fourth-order valence-corrected chi connectivity index (χ4v) is 7.87. The summed E-state index contributed by atoms with van der Waals surface area (Å²) in [4.78, 5) is 10.2. The first-order chi connectivity index (χ1) is 32.7. The van der Waals surface area contributed by atoms with E-state index in [1.165, 1.54) is 12.1 Å². The minimum Gasteiger partial charge on any atom is -0.507 e. The molecule has 0 aliphatic carbocycles. The zero-order valence-corrected chi connectivity index (χ0v) is 36.1. The number of rotatable bonds is 7. The number of nitrogens with zero attached hydrogens (tertiary/aromatic N) is 3. The van der Waals surface area contributed by atoms with Crippen molar-refractivity contribution in [3.05, 3.63) is 193 Å². The van der Waals surface area contributed by atoms with Crippen LogP contribution in [-0.4, -0.2) is 19.6 Å². The third-order valence-corrected chi connectivity index (χ3v) is 10.9. The summed E-state index contributed by atoms with van der Waals surface area (Å²) in [6.07, 6.45) is 1.65. The Kier molecular flexibility index (Phi) is 8.58. The van der Waals surface area contributed by atoms with Gasteiger partial charge in [0.15, 0.2) is 0 Å². The summed E-state index contributed by atoms with van der Waals surface area (Å²) in [5.74, 6) is 0.669. The van der Waals surface area contributed by atoms with E-state index >= 15 is 0 Å². The van der Waals surface area contributed by atoms with Gasteiger partial charge in [-0.3, -0.25) is 9.55 Å². The van der Waals surface area contributed by atoms with Crippen LogP contribution in [0.3, 0.4) is 0 Å². The van der Waals surface area contributed by atoms with Gasteiger partial charge in [0, 0.05) is 45.3 Å². The van der Waals surface area contributed by atoms with Gasteiger partial charge in [0.05, 0.1) is 22.3 Å². The average Bonchev–Trinajstić information content (AvgIpc) is 3.70. The number of pyridine rings is 1. The molecule has 4 nitrogen and oxygen atoms in total. The monoisotopic (exact) mass is 982 g/mol. The molecular weight excluding hydrogens is 926 g/mol. The van der Waals surface area contributed by atoms with Crippen LogP contribution in [0, 0.1) is 6.07 Å². The molecule has 0 fully saturated rings. The van der Waals surface area contributed by atoms with E-state index in [-0.39, 0.29) is 37.8 Å². The quantitative estimate of drug-likeness (QED) is 0.162. The number of benzene rings is 7. The number of fused-ring (bicyclic) bond motifs is 1. The minimum atomic E-state index is -3.37. The summed E-state index contributed by atoms with van der Waals surface area (Å²) >= 11 is 0. The standard InChI is InChI=1S/C56H48N3O.Pt/c1-55(2,3)45-27-24-39(25-28-45)41-30-31-57-49(36-41)44-33-42(38-18-11-8-12-19-38)32-43(34-44)46-21-15-22-51-53(46)58-54(47-20-13-14-23-52(47)60)59(51)50-29-26-40(35-48(50)56(4,5)6)37-16-9-7-10-17-37;/h7-33,35-36,60H,1-6H3;/q-1;/i1D3,2D3,3D3;. The van der Waals surface area contributed by atoms with Gasteiger partial charge in [-0.05, 0) is 86.2 Å². The van der Waals surface area contributed by atoms with E-state index in [0.29, 0.717) is 39.3 Å². The van der Waals surface area contributed by atoms with Crippen LogP contribution >= 0.6 is 0 Å². The van der Waals surface area contributed by atoms with Gasteiger partial charge in [-0.15, -0.1) is 23.8 Å². The fraction of sp³-hybridized carbons (Fsp3) is 0.143. The zero-order chi connectivity index (χ0) is 49.1. The Morgan fingerprint density at radius 3 is 1.85 bits per heavy atom. The molecule has 5 heteroatoms. The number of aromatic hydroxyl groups is 1. The van der Waals surface area contributed by atoms with Gasteiger partial charge >= 0.3 is 0 Å². The topological polar surface area (TPSA) is 50.9 Å². The summed E-state index contributed by atoms with van der Waals surface area (Å²) in [6.45, 7) is -3.53. The van der Waals surface area contributed by atoms with Crippen LogP contribution in [0.2, 0.25) is 0 Å². The molecule has 0 saturated heterocycles. The smallest absolute Gasteiger partial charge is 0.148 e. The number of phenolic OH excluding ortho intramolecular Hbond substituents is 1. The molecule has 0 amide bonds. The number of para-hydroxylation sites is 2. The number of aromatic nitrogens is 3. The van der Waals surface area contributed by atoms with Crippen LogP contribution in [0.5, 0.6) is 5.75 Å². The van der Waals surface area contributed by atoms with Gasteiger partial charge in [-0.25, -0.2) is 4.98 Å². The van der Waals surface area contributed by atoms with Crippen LogP contribution in [0.4, 0.5) is 0 Å². The maximum Gasteiger partial charge on any atom is 0.148 e. The van der Waals surface area contributed by atoms with E-state index in [4.69, 9.17) is 22.3 Å². The van der Waals surface area contributed by atoms with Gasteiger partial charge in [0.25, 0.3) is 0 Å². The number of hydrogen-bond acceptors (Lipinski definition) is 3. The SMILES string of the molecule is [2H]C([2H])([2H])C(c1ccc(-c2ccnc(-c3[c-]c(-c4cccc5c4nc(-c4ccccc4O)n5-c4ccc(-c5ccccc5)cc4C(C)(C)C)cc(-c4ccccc4)c3)c2)cc1)(C([2H])([2H])[2H])C([2H])([2H])[2H].[Pt]. The van der Waals surface area contributed by atoms with E-state index in [1.54, 1.807) is 36.5 Å². The molecule has 0 radical (unpaired) electrons. The van der Waals surface area contributed by atoms with Crippen molar-refractivity contribution in [3.63, 3.8) is 0 Å². The zero-order valence-electron chi connectivity index (χ0n) is 42.8. The Hall–Kier alpha value is -6.35. The maximum atomic E-state index is 11.4. The van der Waals surface area contributed by atoms with Crippen molar-refractivity contribution in [2.75, 3.05) is 0 Å². The second kappa shape index (κ2) is 16.6. The maximum absolute atomic E-state index is 11.4. The molecule has 9 aromatic rings. The van der Waals surface area contributed by atoms with Gasteiger partial charge in [0.2, 0.25) is 0 Å². The van der Waals surface area contributed by atoms with Crippen molar-refractivity contribution in [2.24, 2.45) is 0 Å². The van der Waals surface area contributed by atoms with E-state index in [0.717, 1.165) is 50.1 Å². The first-order valence-electron chi connectivity index (χ1n) is 24.4. The van der Waals surface area contributed by atoms with Crippen molar-refractivity contribution >= 4 is 11.0 Å². The molecule has 0 unspecified atom stereocenters. The first-order valence-corrected chi connectivity index (χ1v) is 19.9. The Bertz CT molecular complexity index is 3300. The third kappa shape index (κ3) is 8.26. The minimum absolute atomic E-state index is 0. The van der Waals surface area contributed by atoms with Gasteiger partial charge in [-0.2, -0.15) is 0 Å². The molecule has 304 valence electrons. The number of imidazole rings is 1. The van der Waals surface area contributed by atoms with Crippen LogP contribution in [-0.2, 0) is 31.9 Å². The Morgan fingerprint density at radius 1 is 0.557 bits per heavy atom. The van der Waals surface area contributed by atoms with Crippen LogP contribution < -0.4 is 0 Å². The molecule has 7 aromatic carbocycles. The molecule has 0 saturated carbocycles. The Labute approximate surface area is 386 Å². The van der Waals surface area contributed by atoms with E-state index in [1.807, 2.05) is 91.0 Å². The predicted molar refractivity (Wildman–Crippen MR) is 249 cm³/mol. The molecule has 0 aliphatic rings. The summed E-state index contributed by atoms with van der Waals surface area (Å²) < 4.78 is 75.8. The fourth-order valence-electron chi connectivity index (χ4n) is 7.87. The van der Waals surface area contributed by atoms with Crippen molar-refractivity contribution < 1.29 is 38.5 Å². The Balaban J connectivity index is 0.00000659. The molecule has 0 spiro atoms. The predicted octanol–water partition coefficient (Wildman–Crippen LogP) is 14.5. The summed E-state index contributed by atoms with van der Waals surface area (Å²) in [5, 5.41) is 11.4. The molecule has 0 bridgehead atoms. The summed E-state index contributed by atoms with van der Waals surface area (Å²) in [7, 11) is 0. The molecule has 0 atom stereocenters. The van der Waals surface area contributed by atoms with E-state index < -0.39 is 26.0 Å². The van der Waals surface area contributed by atoms with Gasteiger partial charge in [0.1, 0.15) is 11.6 Å². The van der Waals surface area contributed by atoms with Crippen LogP contribution in [0.15, 0.2) is 176 Å². The summed E-state index contributed by atoms with van der Waals surface area (Å²) in [5.41, 5.74) is 8.49. The van der Waals surface area contributed by atoms with Crippen molar-refractivity contribution in [3.8, 4) is 78.6 Å². The second-order valence-corrected chi connectivity index (χ2v) is 16.1. The van der Waals surface area contributed by atoms with Crippen molar-refractivity contribution in [2.45, 2.75) is 52.2 Å². The van der Waals surface area contributed by atoms with Gasteiger partial charge in [-0.1, -0.05) is 179 Å². The second-order valence-electron chi connectivity index (χ2n) is 16.1. The largest absolute Gasteiger partial charge is 0.507 e. The Morgan fingerprint density at radius 2 is 1.16 bits per heavy atom. The molecule has 9 rings (SSSR count). The first kappa shape index (κ1) is 31.5. The summed E-state index contributed by atoms with van der Waals surface area (Å²) in [6, 6.07) is 57.1. The van der Waals surface area contributed by atoms with Gasteiger partial charge < -0.3 is 5.11 Å². The average molecular weight is 983 g/mol. The molecule has 61 heavy (non-hydrogen) atoms. The molecule has 0 aliphatic heterocycles. The molecule has 2 heterocycles. The molecule has 1 N–H and O–H groups in total. The number of phenols is 1. The van der Waals surface area contributed by atoms with Crippen LogP contribution in [0.1, 0.15) is 64.8 Å². The number of hydrogen-bond donors (Lipinski definition) is 1. The van der Waals surface area contributed by atoms with E-state index in [2.05, 4.69) is 67.8 Å². The van der Waals surface area contributed by atoms with E-state index in [9.17, 15) is 5.11 Å². The normalized spacial score (nSPS) is 14.5. The molecule has 2 aromatic heterocycles. The van der Waals surface area contributed by atoms with Crippen molar-refractivity contribution in [1.29, 1.82) is 0 Å². The third-order valence-electron chi connectivity index (χ3n) is 10.9. The van der Waals surface area contributed by atoms with Crippen LogP contribution in [0.25, 0.3) is 83.9 Å². The van der Waals surface area contributed by atoms with Crippen molar-refractivity contribution in [1.82, 2.24) is 14.5 Å². The molecular formula is C56H48N3OPt-.